The van der Waals surface area contributed by atoms with Crippen molar-refractivity contribution >= 4 is 0 Å². The molecule has 2 N–H and O–H groups in total. The van der Waals surface area contributed by atoms with E-state index in [-0.39, 0.29) is 22.2 Å². The molecule has 0 aromatic heterocycles. The van der Waals surface area contributed by atoms with Crippen LogP contribution >= 0.6 is 0 Å². The Hall–Kier alpha value is -0.890. The molecule has 112 valence electrons. The molecule has 1 aromatic carbocycles. The Bertz CT molecular complexity index is 486. The fourth-order valence-corrected chi connectivity index (χ4v) is 4.75. The van der Waals surface area contributed by atoms with Crippen LogP contribution in [0.4, 0.5) is 4.39 Å². The molecule has 1 aliphatic carbocycles. The second-order valence-electron chi connectivity index (χ2n) is 8.47. The average molecular weight is 277 g/mol. The number of hydrogen-bond donors (Lipinski definition) is 1. The zero-order chi connectivity index (χ0) is 15.2. The highest BCUT2D eigenvalue weighted by molar-refractivity contribution is 5.29. The Morgan fingerprint density at radius 1 is 1.05 bits per heavy atom. The molecular formula is C18H28FN. The van der Waals surface area contributed by atoms with Crippen LogP contribution in [0.1, 0.15) is 58.1 Å². The van der Waals surface area contributed by atoms with Crippen molar-refractivity contribution in [3.63, 3.8) is 0 Å². The summed E-state index contributed by atoms with van der Waals surface area (Å²) in [7, 11) is 0. The minimum absolute atomic E-state index is 0.165. The molecule has 0 bridgehead atoms. The Morgan fingerprint density at radius 3 is 2.10 bits per heavy atom. The predicted octanol–water partition coefficient (Wildman–Crippen LogP) is 4.61. The van der Waals surface area contributed by atoms with Gasteiger partial charge in [-0.1, -0.05) is 33.8 Å². The quantitative estimate of drug-likeness (QED) is 0.839. The number of halogens is 1. The first kappa shape index (κ1) is 15.5. The molecule has 20 heavy (non-hydrogen) atoms. The van der Waals surface area contributed by atoms with Gasteiger partial charge in [-0.2, -0.15) is 0 Å². The van der Waals surface area contributed by atoms with Crippen LogP contribution in [0, 0.1) is 23.6 Å². The first-order chi connectivity index (χ1) is 9.00. The summed E-state index contributed by atoms with van der Waals surface area (Å²) in [6, 6.07) is 5.05. The lowest BCUT2D eigenvalue weighted by Gasteiger charge is -2.50. The molecule has 1 aromatic rings. The van der Waals surface area contributed by atoms with Crippen molar-refractivity contribution in [2.75, 3.05) is 0 Å². The predicted molar refractivity (Wildman–Crippen MR) is 83.2 cm³/mol. The van der Waals surface area contributed by atoms with E-state index in [1.165, 1.54) is 12.0 Å². The van der Waals surface area contributed by atoms with Crippen LogP contribution < -0.4 is 5.73 Å². The Kier molecular flexibility index (Phi) is 3.75. The number of nitrogens with two attached hydrogens (primary N) is 1. The molecule has 1 nitrogen and oxygen atoms in total. The van der Waals surface area contributed by atoms with Crippen LogP contribution in [0.5, 0.6) is 0 Å². The number of hydrogen-bond acceptors (Lipinski definition) is 1. The van der Waals surface area contributed by atoms with E-state index in [9.17, 15) is 4.39 Å². The molecule has 1 saturated carbocycles. The largest absolute Gasteiger partial charge is 0.325 e. The molecule has 0 heterocycles. The summed E-state index contributed by atoms with van der Waals surface area (Å²) in [5.41, 5.74) is 9.30. The van der Waals surface area contributed by atoms with Gasteiger partial charge in [0.05, 0.1) is 0 Å². The van der Waals surface area contributed by atoms with E-state index in [0.717, 1.165) is 24.8 Å². The molecule has 1 fully saturated rings. The first-order valence-corrected chi connectivity index (χ1v) is 7.54. The topological polar surface area (TPSA) is 26.0 Å². The molecular weight excluding hydrogens is 249 g/mol. The van der Waals surface area contributed by atoms with Gasteiger partial charge in [-0.3, -0.25) is 0 Å². The average Bonchev–Trinajstić information content (AvgIpc) is 2.16. The zero-order valence-electron chi connectivity index (χ0n) is 13.5. The van der Waals surface area contributed by atoms with Crippen molar-refractivity contribution in [1.29, 1.82) is 0 Å². The Labute approximate surface area is 122 Å². The monoisotopic (exact) mass is 277 g/mol. The third kappa shape index (κ3) is 3.60. The van der Waals surface area contributed by atoms with E-state index >= 15 is 0 Å². The summed E-state index contributed by atoms with van der Waals surface area (Å²) in [6.45, 7) is 11.2. The lowest BCUT2D eigenvalue weighted by molar-refractivity contribution is 0.0486. The van der Waals surface area contributed by atoms with Crippen molar-refractivity contribution in [2.24, 2.45) is 16.6 Å². The van der Waals surface area contributed by atoms with Gasteiger partial charge < -0.3 is 5.73 Å². The van der Waals surface area contributed by atoms with Gasteiger partial charge in [-0.15, -0.1) is 0 Å². The van der Waals surface area contributed by atoms with Gasteiger partial charge in [-0.05, 0) is 66.7 Å². The van der Waals surface area contributed by atoms with Gasteiger partial charge in [0.15, 0.2) is 0 Å². The van der Waals surface area contributed by atoms with Crippen LogP contribution in [-0.2, 0) is 6.42 Å². The lowest BCUT2D eigenvalue weighted by atomic mass is 9.57. The minimum atomic E-state index is -0.187. The van der Waals surface area contributed by atoms with Gasteiger partial charge in [0.1, 0.15) is 5.82 Å². The molecule has 1 aliphatic rings. The van der Waals surface area contributed by atoms with Crippen molar-refractivity contribution < 1.29 is 4.39 Å². The van der Waals surface area contributed by atoms with Crippen LogP contribution in [0.25, 0.3) is 0 Å². The fourth-order valence-electron chi connectivity index (χ4n) is 4.75. The van der Waals surface area contributed by atoms with Crippen LogP contribution in [0.3, 0.4) is 0 Å². The van der Waals surface area contributed by atoms with E-state index in [2.05, 4.69) is 27.7 Å². The normalized spacial score (nSPS) is 23.6. The standard InChI is InChI=1S/C18H28FN/c1-13-8-15(19)7-6-14(13)9-18(20)11-16(2,3)10-17(4,5)12-18/h6-8H,9-12,20H2,1-5H3. The summed E-state index contributed by atoms with van der Waals surface area (Å²) in [4.78, 5) is 0. The lowest BCUT2D eigenvalue weighted by Crippen LogP contribution is -2.53. The minimum Gasteiger partial charge on any atom is -0.325 e. The molecule has 0 atom stereocenters. The van der Waals surface area contributed by atoms with E-state index < -0.39 is 0 Å². The van der Waals surface area contributed by atoms with Gasteiger partial charge in [0, 0.05) is 5.54 Å². The van der Waals surface area contributed by atoms with Crippen LogP contribution in [0.2, 0.25) is 0 Å². The van der Waals surface area contributed by atoms with E-state index in [4.69, 9.17) is 5.73 Å². The molecule has 2 rings (SSSR count). The third-order valence-corrected chi connectivity index (χ3v) is 4.47. The maximum atomic E-state index is 13.2. The fraction of sp³-hybridized carbons (Fsp3) is 0.667. The summed E-state index contributed by atoms with van der Waals surface area (Å²) >= 11 is 0. The summed E-state index contributed by atoms with van der Waals surface area (Å²) in [5, 5.41) is 0. The number of aryl methyl sites for hydroxylation is 1. The summed E-state index contributed by atoms with van der Waals surface area (Å²) in [5.74, 6) is -0.165. The van der Waals surface area contributed by atoms with E-state index in [1.54, 1.807) is 12.1 Å². The third-order valence-electron chi connectivity index (χ3n) is 4.47. The maximum absolute atomic E-state index is 13.2. The molecule has 0 unspecified atom stereocenters. The molecule has 0 spiro atoms. The number of rotatable bonds is 2. The van der Waals surface area contributed by atoms with E-state index in [1.807, 2.05) is 13.0 Å². The number of benzene rings is 1. The maximum Gasteiger partial charge on any atom is 0.123 e. The highest BCUT2D eigenvalue weighted by Gasteiger charge is 2.45. The highest BCUT2D eigenvalue weighted by Crippen LogP contribution is 2.50. The van der Waals surface area contributed by atoms with Crippen LogP contribution in [0.15, 0.2) is 18.2 Å². The molecule has 2 heteroatoms. The second kappa shape index (κ2) is 4.84. The van der Waals surface area contributed by atoms with Crippen molar-refractivity contribution in [2.45, 2.75) is 65.8 Å². The molecule has 0 aliphatic heterocycles. The molecule has 0 radical (unpaired) electrons. The Morgan fingerprint density at radius 2 is 1.60 bits per heavy atom. The van der Waals surface area contributed by atoms with Crippen LogP contribution in [-0.4, -0.2) is 5.54 Å². The van der Waals surface area contributed by atoms with Gasteiger partial charge in [0.25, 0.3) is 0 Å². The SMILES string of the molecule is Cc1cc(F)ccc1CC1(N)CC(C)(C)CC(C)(C)C1. The van der Waals surface area contributed by atoms with Crippen molar-refractivity contribution in [3.8, 4) is 0 Å². The summed E-state index contributed by atoms with van der Waals surface area (Å²) in [6.07, 6.45) is 4.10. The smallest absolute Gasteiger partial charge is 0.123 e. The highest BCUT2D eigenvalue weighted by atomic mass is 19.1. The van der Waals surface area contributed by atoms with Gasteiger partial charge in [-0.25, -0.2) is 4.39 Å². The van der Waals surface area contributed by atoms with Crippen molar-refractivity contribution in [1.82, 2.24) is 0 Å². The van der Waals surface area contributed by atoms with Crippen molar-refractivity contribution in [3.05, 3.63) is 35.1 Å². The van der Waals surface area contributed by atoms with E-state index in [0.29, 0.717) is 0 Å². The Balaban J connectivity index is 2.26. The van der Waals surface area contributed by atoms with Gasteiger partial charge in [0.2, 0.25) is 0 Å². The zero-order valence-corrected chi connectivity index (χ0v) is 13.5. The molecule has 0 saturated heterocycles. The van der Waals surface area contributed by atoms with Gasteiger partial charge >= 0.3 is 0 Å². The first-order valence-electron chi connectivity index (χ1n) is 7.54. The second-order valence-corrected chi connectivity index (χ2v) is 8.47. The summed E-state index contributed by atoms with van der Waals surface area (Å²) < 4.78 is 13.2. The molecule has 0 amide bonds.